The van der Waals surface area contributed by atoms with Crippen molar-refractivity contribution in [3.05, 3.63) is 17.6 Å². The van der Waals surface area contributed by atoms with Crippen molar-refractivity contribution in [2.24, 2.45) is 0 Å². The highest BCUT2D eigenvalue weighted by atomic mass is 16.5. The number of esters is 1. The lowest BCUT2D eigenvalue weighted by molar-refractivity contribution is -0.132. The maximum atomic E-state index is 10.6. The highest BCUT2D eigenvalue weighted by molar-refractivity contribution is 5.68. The van der Waals surface area contributed by atoms with E-state index in [0.717, 1.165) is 5.69 Å². The lowest BCUT2D eigenvalue weighted by Gasteiger charge is -2.02. The molecule has 0 aromatic carbocycles. The summed E-state index contributed by atoms with van der Waals surface area (Å²) in [5.41, 5.74) is 1.35. The Bertz CT molecular complexity index is 310. The van der Waals surface area contributed by atoms with Crippen molar-refractivity contribution >= 4 is 5.97 Å². The molecule has 0 saturated heterocycles. The van der Waals surface area contributed by atoms with E-state index in [2.05, 4.69) is 9.97 Å². The second-order valence-corrected chi connectivity index (χ2v) is 2.50. The first-order valence-electron chi connectivity index (χ1n) is 3.58. The molecule has 0 spiro atoms. The van der Waals surface area contributed by atoms with Crippen LogP contribution < -0.4 is 4.74 Å². The summed E-state index contributed by atoms with van der Waals surface area (Å²) in [5.74, 6) is -0.0829. The Labute approximate surface area is 70.6 Å². The monoisotopic (exact) mass is 166 g/mol. The van der Waals surface area contributed by atoms with Crippen LogP contribution >= 0.6 is 0 Å². The van der Waals surface area contributed by atoms with Gasteiger partial charge in [0.15, 0.2) is 0 Å². The van der Waals surface area contributed by atoms with Crippen LogP contribution in [0.3, 0.4) is 0 Å². The fraction of sp³-hybridized carbons (Fsp3) is 0.375. The lowest BCUT2D eigenvalue weighted by Crippen LogP contribution is -2.06. The fourth-order valence-electron chi connectivity index (χ4n) is 0.748. The van der Waals surface area contributed by atoms with E-state index in [9.17, 15) is 4.79 Å². The molecule has 1 rings (SSSR count). The van der Waals surface area contributed by atoms with Gasteiger partial charge >= 0.3 is 5.97 Å². The molecule has 0 unspecified atom stereocenters. The summed E-state index contributed by atoms with van der Waals surface area (Å²) in [7, 11) is 0. The molecule has 0 amide bonds. The molecule has 0 atom stereocenters. The van der Waals surface area contributed by atoms with Gasteiger partial charge in [-0.1, -0.05) is 0 Å². The molecule has 0 fully saturated rings. The number of nitrogens with zero attached hydrogens (tertiary/aromatic N) is 2. The number of hydrogen-bond donors (Lipinski definition) is 0. The van der Waals surface area contributed by atoms with Crippen LogP contribution in [0.4, 0.5) is 0 Å². The summed E-state index contributed by atoms with van der Waals surface area (Å²) in [6, 6.07) is 0. The molecule has 1 heterocycles. The molecule has 64 valence electrons. The minimum Gasteiger partial charge on any atom is -0.406 e. The van der Waals surface area contributed by atoms with Crippen molar-refractivity contribution in [2.45, 2.75) is 20.8 Å². The Morgan fingerprint density at radius 2 is 2.17 bits per heavy atom. The molecule has 4 heteroatoms. The molecule has 0 aliphatic heterocycles. The largest absolute Gasteiger partial charge is 0.406 e. The number of carbonyl (C=O) groups excluding carboxylic acids is 1. The van der Waals surface area contributed by atoms with Crippen molar-refractivity contribution in [2.75, 3.05) is 0 Å². The SMILES string of the molecule is CC(=O)Oc1nc(C)cnc1C. The van der Waals surface area contributed by atoms with E-state index in [-0.39, 0.29) is 5.97 Å². The molecule has 0 saturated carbocycles. The molecular formula is C8H10N2O2. The lowest BCUT2D eigenvalue weighted by atomic mass is 10.4. The minimum atomic E-state index is -0.377. The van der Waals surface area contributed by atoms with Crippen LogP contribution in [0.2, 0.25) is 0 Å². The normalized spacial score (nSPS) is 9.58. The topological polar surface area (TPSA) is 52.1 Å². The van der Waals surface area contributed by atoms with E-state index in [1.165, 1.54) is 6.92 Å². The summed E-state index contributed by atoms with van der Waals surface area (Å²) >= 11 is 0. The van der Waals surface area contributed by atoms with Gasteiger partial charge in [-0.2, -0.15) is 0 Å². The van der Waals surface area contributed by atoms with E-state index in [1.807, 2.05) is 0 Å². The maximum absolute atomic E-state index is 10.6. The fourth-order valence-corrected chi connectivity index (χ4v) is 0.748. The quantitative estimate of drug-likeness (QED) is 0.584. The Balaban J connectivity index is 2.97. The van der Waals surface area contributed by atoms with E-state index >= 15 is 0 Å². The number of hydrogen-bond acceptors (Lipinski definition) is 4. The van der Waals surface area contributed by atoms with Gasteiger partial charge < -0.3 is 4.74 Å². The Kier molecular flexibility index (Phi) is 2.38. The molecule has 0 bridgehead atoms. The third-order valence-electron chi connectivity index (χ3n) is 1.27. The van der Waals surface area contributed by atoms with E-state index in [1.54, 1.807) is 20.0 Å². The average molecular weight is 166 g/mol. The maximum Gasteiger partial charge on any atom is 0.309 e. The first kappa shape index (κ1) is 8.64. The second kappa shape index (κ2) is 3.30. The summed E-state index contributed by atoms with van der Waals surface area (Å²) in [4.78, 5) is 18.6. The van der Waals surface area contributed by atoms with Crippen molar-refractivity contribution in [3.8, 4) is 5.88 Å². The summed E-state index contributed by atoms with van der Waals surface area (Å²) in [6.07, 6.45) is 1.63. The zero-order chi connectivity index (χ0) is 9.14. The van der Waals surface area contributed by atoms with Crippen LogP contribution in [0, 0.1) is 13.8 Å². The van der Waals surface area contributed by atoms with Gasteiger partial charge in [-0.25, -0.2) is 4.98 Å². The van der Waals surface area contributed by atoms with Gasteiger partial charge in [0, 0.05) is 13.1 Å². The van der Waals surface area contributed by atoms with E-state index < -0.39 is 0 Å². The van der Waals surface area contributed by atoms with E-state index in [4.69, 9.17) is 4.74 Å². The number of aryl methyl sites for hydroxylation is 2. The number of carbonyl (C=O) groups is 1. The molecular weight excluding hydrogens is 156 g/mol. The van der Waals surface area contributed by atoms with Gasteiger partial charge in [0.1, 0.15) is 0 Å². The van der Waals surface area contributed by atoms with Crippen molar-refractivity contribution in [1.82, 2.24) is 9.97 Å². The molecule has 12 heavy (non-hydrogen) atoms. The number of ether oxygens (including phenoxy) is 1. The van der Waals surface area contributed by atoms with Crippen LogP contribution in [-0.4, -0.2) is 15.9 Å². The van der Waals surface area contributed by atoms with Gasteiger partial charge in [0.2, 0.25) is 5.88 Å². The Morgan fingerprint density at radius 3 is 2.75 bits per heavy atom. The van der Waals surface area contributed by atoms with Gasteiger partial charge in [0.25, 0.3) is 0 Å². The standard InChI is InChI=1S/C8H10N2O2/c1-5-4-9-6(2)8(10-5)12-7(3)11/h4H,1-3H3. The second-order valence-electron chi connectivity index (χ2n) is 2.50. The highest BCUT2D eigenvalue weighted by Gasteiger charge is 2.04. The third kappa shape index (κ3) is 2.02. The van der Waals surface area contributed by atoms with Crippen LogP contribution in [0.15, 0.2) is 6.20 Å². The zero-order valence-corrected chi connectivity index (χ0v) is 7.29. The molecule has 0 aliphatic carbocycles. The Morgan fingerprint density at radius 1 is 1.50 bits per heavy atom. The third-order valence-corrected chi connectivity index (χ3v) is 1.27. The molecule has 4 nitrogen and oxygen atoms in total. The summed E-state index contributed by atoms with van der Waals surface area (Å²) < 4.78 is 4.81. The van der Waals surface area contributed by atoms with Gasteiger partial charge in [0.05, 0.1) is 11.4 Å². The molecule has 1 aromatic heterocycles. The van der Waals surface area contributed by atoms with Crippen LogP contribution in [0.5, 0.6) is 5.88 Å². The first-order chi connectivity index (χ1) is 5.59. The van der Waals surface area contributed by atoms with Gasteiger partial charge in [-0.3, -0.25) is 9.78 Å². The highest BCUT2D eigenvalue weighted by Crippen LogP contribution is 2.11. The summed E-state index contributed by atoms with van der Waals surface area (Å²) in [6.45, 7) is 4.87. The predicted molar refractivity (Wildman–Crippen MR) is 42.8 cm³/mol. The smallest absolute Gasteiger partial charge is 0.309 e. The van der Waals surface area contributed by atoms with Crippen LogP contribution in [-0.2, 0) is 4.79 Å². The zero-order valence-electron chi connectivity index (χ0n) is 7.29. The molecule has 0 N–H and O–H groups in total. The van der Waals surface area contributed by atoms with Crippen LogP contribution in [0.25, 0.3) is 0 Å². The Hall–Kier alpha value is -1.45. The average Bonchev–Trinajstić information content (AvgIpc) is 1.96. The van der Waals surface area contributed by atoms with Crippen molar-refractivity contribution < 1.29 is 9.53 Å². The number of rotatable bonds is 1. The van der Waals surface area contributed by atoms with Gasteiger partial charge in [-0.05, 0) is 13.8 Å². The number of aromatic nitrogens is 2. The van der Waals surface area contributed by atoms with Gasteiger partial charge in [-0.15, -0.1) is 0 Å². The van der Waals surface area contributed by atoms with Crippen molar-refractivity contribution in [1.29, 1.82) is 0 Å². The molecule has 1 aromatic rings. The van der Waals surface area contributed by atoms with Crippen molar-refractivity contribution in [3.63, 3.8) is 0 Å². The first-order valence-corrected chi connectivity index (χ1v) is 3.58. The molecule has 0 radical (unpaired) electrons. The summed E-state index contributed by atoms with van der Waals surface area (Å²) in [5, 5.41) is 0. The van der Waals surface area contributed by atoms with E-state index in [0.29, 0.717) is 11.6 Å². The molecule has 0 aliphatic rings. The minimum absolute atomic E-state index is 0.294. The predicted octanol–water partition coefficient (Wildman–Crippen LogP) is 1.02. The van der Waals surface area contributed by atoms with Crippen LogP contribution in [0.1, 0.15) is 18.3 Å².